The molecule has 154 valence electrons. The molecule has 1 aliphatic heterocycles. The van der Waals surface area contributed by atoms with Crippen molar-refractivity contribution in [1.29, 1.82) is 0 Å². The van der Waals surface area contributed by atoms with Gasteiger partial charge in [-0.25, -0.2) is 9.97 Å². The van der Waals surface area contributed by atoms with Gasteiger partial charge in [-0.05, 0) is 48.6 Å². The van der Waals surface area contributed by atoms with Crippen molar-refractivity contribution in [1.82, 2.24) is 20.2 Å². The lowest BCUT2D eigenvalue weighted by Crippen LogP contribution is -2.43. The molecule has 0 bridgehead atoms. The Morgan fingerprint density at radius 3 is 3.00 bits per heavy atom. The zero-order valence-corrected chi connectivity index (χ0v) is 17.5. The van der Waals surface area contributed by atoms with Gasteiger partial charge in [0, 0.05) is 10.5 Å². The van der Waals surface area contributed by atoms with Crippen LogP contribution in [0.25, 0.3) is 22.3 Å². The minimum atomic E-state index is -0.388. The second-order valence-electron chi connectivity index (χ2n) is 7.92. The lowest BCUT2D eigenvalue weighted by Gasteiger charge is -2.37. The van der Waals surface area contributed by atoms with Gasteiger partial charge in [0.1, 0.15) is 6.33 Å². The molecule has 31 heavy (non-hydrogen) atoms. The van der Waals surface area contributed by atoms with Crippen LogP contribution in [-0.2, 0) is 11.2 Å². The number of aryl methyl sites for hydroxylation is 1. The molecule has 1 amide bonds. The van der Waals surface area contributed by atoms with Gasteiger partial charge in [-0.15, -0.1) is 0 Å². The summed E-state index contributed by atoms with van der Waals surface area (Å²) < 4.78 is 0. The summed E-state index contributed by atoms with van der Waals surface area (Å²) in [6.45, 7) is 0. The monoisotopic (exact) mass is 428 g/mol. The number of thioether (sulfide) groups is 1. The Hall–Kier alpha value is -3.39. The van der Waals surface area contributed by atoms with Gasteiger partial charge in [-0.1, -0.05) is 36.0 Å². The number of anilines is 1. The first-order valence-corrected chi connectivity index (χ1v) is 11.2. The van der Waals surface area contributed by atoms with Gasteiger partial charge >= 0.3 is 0 Å². The van der Waals surface area contributed by atoms with Crippen molar-refractivity contribution in [2.75, 3.05) is 4.90 Å². The fourth-order valence-corrected chi connectivity index (χ4v) is 6.00. The van der Waals surface area contributed by atoms with Crippen LogP contribution in [0.5, 0.6) is 0 Å². The molecule has 2 aromatic carbocycles. The zero-order chi connectivity index (χ0) is 20.9. The lowest BCUT2D eigenvalue weighted by atomic mass is 9.85. The summed E-state index contributed by atoms with van der Waals surface area (Å²) in [5, 5.41) is 7.53. The molecule has 0 saturated heterocycles. The van der Waals surface area contributed by atoms with Gasteiger partial charge in [0.25, 0.3) is 5.91 Å². The van der Waals surface area contributed by atoms with Crippen LogP contribution in [0.15, 0.2) is 59.9 Å². The number of carbonyl (C=O) groups excluding carboxylic acids is 1. The van der Waals surface area contributed by atoms with Gasteiger partial charge in [-0.2, -0.15) is 5.10 Å². The number of nitrogens with zero attached hydrogens (tertiary/aromatic N) is 4. The third-order valence-corrected chi connectivity index (χ3v) is 7.44. The predicted molar refractivity (Wildman–Crippen MR) is 121 cm³/mol. The highest BCUT2D eigenvalue weighted by molar-refractivity contribution is 8.01. The van der Waals surface area contributed by atoms with Crippen molar-refractivity contribution in [3.63, 3.8) is 0 Å². The number of hydrogen-bond acceptors (Lipinski definition) is 6. The zero-order valence-electron chi connectivity index (χ0n) is 16.7. The van der Waals surface area contributed by atoms with E-state index in [4.69, 9.17) is 5.73 Å². The third kappa shape index (κ3) is 2.90. The van der Waals surface area contributed by atoms with E-state index in [9.17, 15) is 4.79 Å². The molecule has 3 heterocycles. The number of nitrogens with one attached hydrogen (secondary N) is 1. The van der Waals surface area contributed by atoms with Gasteiger partial charge < -0.3 is 10.6 Å². The summed E-state index contributed by atoms with van der Waals surface area (Å²) >= 11 is 1.55. The van der Waals surface area contributed by atoms with E-state index in [0.29, 0.717) is 0 Å². The molecule has 0 fully saturated rings. The Morgan fingerprint density at radius 2 is 2.10 bits per heavy atom. The van der Waals surface area contributed by atoms with E-state index in [1.54, 1.807) is 24.3 Å². The molecular weight excluding hydrogens is 408 g/mol. The van der Waals surface area contributed by atoms with Crippen LogP contribution in [0.3, 0.4) is 0 Å². The van der Waals surface area contributed by atoms with E-state index < -0.39 is 0 Å². The van der Waals surface area contributed by atoms with Crippen molar-refractivity contribution in [3.05, 3.63) is 66.1 Å². The third-order valence-electron chi connectivity index (χ3n) is 6.16. The second-order valence-corrected chi connectivity index (χ2v) is 9.05. The number of H-pyrrole nitrogens is 1. The summed E-state index contributed by atoms with van der Waals surface area (Å²) in [6.07, 6.45) is 6.38. The number of benzene rings is 2. The number of aromatic amines is 1. The molecule has 0 spiro atoms. The number of primary amides is 1. The fourth-order valence-electron chi connectivity index (χ4n) is 4.82. The molecule has 6 rings (SSSR count). The molecule has 1 aliphatic carbocycles. The maximum atomic E-state index is 12.3. The average molecular weight is 429 g/mol. The molecular formula is C23H20N6OS. The van der Waals surface area contributed by atoms with Crippen LogP contribution in [0, 0.1) is 0 Å². The van der Waals surface area contributed by atoms with E-state index in [0.717, 1.165) is 52.1 Å². The molecule has 2 unspecified atom stereocenters. The van der Waals surface area contributed by atoms with Crippen molar-refractivity contribution in [2.45, 2.75) is 35.6 Å². The maximum absolute atomic E-state index is 12.3. The molecule has 2 aliphatic rings. The molecule has 8 heteroatoms. The smallest absolute Gasteiger partial charge is 0.251 e. The van der Waals surface area contributed by atoms with Gasteiger partial charge in [0.15, 0.2) is 11.0 Å². The summed E-state index contributed by atoms with van der Waals surface area (Å²) in [7, 11) is 0. The van der Waals surface area contributed by atoms with Crippen LogP contribution >= 0.6 is 11.8 Å². The topological polar surface area (TPSA) is 101 Å². The van der Waals surface area contributed by atoms with E-state index >= 15 is 0 Å². The van der Waals surface area contributed by atoms with E-state index in [1.165, 1.54) is 11.1 Å². The number of nitrogens with two attached hydrogens (primary N) is 1. The van der Waals surface area contributed by atoms with E-state index in [1.807, 2.05) is 12.1 Å². The van der Waals surface area contributed by atoms with Gasteiger partial charge in [0.2, 0.25) is 0 Å². The Kier molecular flexibility index (Phi) is 4.21. The van der Waals surface area contributed by atoms with Crippen molar-refractivity contribution in [2.24, 2.45) is 5.73 Å². The summed E-state index contributed by atoms with van der Waals surface area (Å²) in [6, 6.07) is 14.8. The quantitative estimate of drug-likeness (QED) is 0.514. The Morgan fingerprint density at radius 1 is 1.19 bits per heavy atom. The summed E-state index contributed by atoms with van der Waals surface area (Å²) in [4.78, 5) is 24.4. The lowest BCUT2D eigenvalue weighted by molar-refractivity contribution is -0.117. The molecule has 3 N–H and O–H groups in total. The number of aromatic nitrogens is 4. The first-order valence-electron chi connectivity index (χ1n) is 10.3. The predicted octanol–water partition coefficient (Wildman–Crippen LogP) is 3.82. The number of rotatable bonds is 3. The van der Waals surface area contributed by atoms with Gasteiger partial charge in [0.05, 0.1) is 29.0 Å². The molecule has 4 aromatic rings. The normalized spacial score (nSPS) is 19.9. The molecule has 2 aromatic heterocycles. The SMILES string of the molecule is NC(=O)C1Sc2ccccc2N1C1CCCc2cc(-c3ncnc4[nH]ncc34)ccc21. The number of hydrogen-bond donors (Lipinski definition) is 2. The van der Waals surface area contributed by atoms with Crippen molar-refractivity contribution >= 4 is 34.4 Å². The van der Waals surface area contributed by atoms with Gasteiger partial charge in [-0.3, -0.25) is 9.89 Å². The van der Waals surface area contributed by atoms with Crippen LogP contribution in [0.4, 0.5) is 5.69 Å². The average Bonchev–Trinajstić information content (AvgIpc) is 3.43. The molecule has 2 atom stereocenters. The maximum Gasteiger partial charge on any atom is 0.251 e. The first kappa shape index (κ1) is 18.4. The number of amides is 1. The Bertz CT molecular complexity index is 1320. The fraction of sp³-hybridized carbons (Fsp3) is 0.217. The Balaban J connectivity index is 1.44. The number of fused-ring (bicyclic) bond motifs is 3. The largest absolute Gasteiger partial charge is 0.367 e. The number of para-hydroxylation sites is 1. The standard InChI is InChI=1S/C23H20N6OS/c24-21(30)23-29(18-5-1-2-7-19(18)31-23)17-6-3-4-13-10-14(8-9-15(13)17)20-16-11-27-28-22(16)26-12-25-20/h1-2,5,7-12,17,23H,3-4,6H2,(H2,24,30)(H,25,26,27,28). The van der Waals surface area contributed by atoms with E-state index in [2.05, 4.69) is 55.4 Å². The van der Waals surface area contributed by atoms with Crippen molar-refractivity contribution in [3.8, 4) is 11.3 Å². The molecule has 0 saturated carbocycles. The summed E-state index contributed by atoms with van der Waals surface area (Å²) in [5.41, 5.74) is 12.1. The second kappa shape index (κ2) is 7.09. The highest BCUT2D eigenvalue weighted by Crippen LogP contribution is 2.50. The van der Waals surface area contributed by atoms with Crippen LogP contribution in [-0.4, -0.2) is 31.4 Å². The van der Waals surface area contributed by atoms with Crippen LogP contribution < -0.4 is 10.6 Å². The molecule has 7 nitrogen and oxygen atoms in total. The van der Waals surface area contributed by atoms with Crippen LogP contribution in [0.2, 0.25) is 0 Å². The van der Waals surface area contributed by atoms with E-state index in [-0.39, 0.29) is 17.3 Å². The van der Waals surface area contributed by atoms with Crippen LogP contribution in [0.1, 0.15) is 30.0 Å². The highest BCUT2D eigenvalue weighted by atomic mass is 32.2. The highest BCUT2D eigenvalue weighted by Gasteiger charge is 2.40. The minimum Gasteiger partial charge on any atom is -0.367 e. The Labute approximate surface area is 183 Å². The number of carbonyl (C=O) groups is 1. The first-order chi connectivity index (χ1) is 15.2. The van der Waals surface area contributed by atoms with Crippen molar-refractivity contribution < 1.29 is 4.79 Å². The summed E-state index contributed by atoms with van der Waals surface area (Å²) in [5.74, 6) is -0.298. The molecule has 0 radical (unpaired) electrons. The minimum absolute atomic E-state index is 0.116.